The first-order valence-corrected chi connectivity index (χ1v) is 7.31. The summed E-state index contributed by atoms with van der Waals surface area (Å²) in [7, 11) is 2.42. The highest BCUT2D eigenvalue weighted by molar-refractivity contribution is 9.10. The number of hydrogen-bond donors (Lipinski definition) is 0. The van der Waals surface area contributed by atoms with Gasteiger partial charge in [-0.05, 0) is 6.07 Å². The Morgan fingerprint density at radius 1 is 1.05 bits per heavy atom. The molecule has 0 heterocycles. The second-order valence-electron chi connectivity index (χ2n) is 4.46. The van der Waals surface area contributed by atoms with E-state index in [1.807, 2.05) is 18.2 Å². The number of carbonyl (C=O) groups is 3. The van der Waals surface area contributed by atoms with Crippen LogP contribution in [0.4, 0.5) is 0 Å². The predicted molar refractivity (Wildman–Crippen MR) is 80.7 cm³/mol. The van der Waals surface area contributed by atoms with Crippen molar-refractivity contribution in [3.05, 3.63) is 34.3 Å². The topological polar surface area (TPSA) is 78.9 Å². The fourth-order valence-corrected chi connectivity index (χ4v) is 2.09. The number of rotatable bonds is 7. The molecule has 0 fully saturated rings. The Balaban J connectivity index is 2.68. The average molecular weight is 373 g/mol. The van der Waals surface area contributed by atoms with Crippen LogP contribution in [0.1, 0.15) is 18.4 Å². The molecule has 0 aliphatic rings. The normalized spacial score (nSPS) is 10.2. The van der Waals surface area contributed by atoms with Crippen LogP contribution in [0.25, 0.3) is 0 Å². The van der Waals surface area contributed by atoms with Crippen LogP contribution in [0, 0.1) is 5.92 Å². The zero-order valence-electron chi connectivity index (χ0n) is 12.3. The van der Waals surface area contributed by atoms with Gasteiger partial charge in [0.05, 0.1) is 33.0 Å². The lowest BCUT2D eigenvalue weighted by molar-refractivity contribution is -0.158. The summed E-state index contributed by atoms with van der Waals surface area (Å²) < 4.78 is 15.0. The van der Waals surface area contributed by atoms with E-state index in [4.69, 9.17) is 4.74 Å². The average Bonchev–Trinajstić information content (AvgIpc) is 2.52. The van der Waals surface area contributed by atoms with Gasteiger partial charge in [-0.25, -0.2) is 0 Å². The maximum Gasteiger partial charge on any atom is 0.310 e. The minimum Gasteiger partial charge on any atom is -0.469 e. The maximum absolute atomic E-state index is 12.1. The molecule has 7 heteroatoms. The number of hydrogen-bond acceptors (Lipinski definition) is 6. The van der Waals surface area contributed by atoms with E-state index >= 15 is 0 Å². The largest absolute Gasteiger partial charge is 0.469 e. The quantitative estimate of drug-likeness (QED) is 0.539. The van der Waals surface area contributed by atoms with Gasteiger partial charge in [-0.3, -0.25) is 14.4 Å². The predicted octanol–water partition coefficient (Wildman–Crippen LogP) is 2.23. The van der Waals surface area contributed by atoms with Crippen LogP contribution in [-0.4, -0.2) is 32.1 Å². The van der Waals surface area contributed by atoms with Crippen LogP contribution < -0.4 is 0 Å². The van der Waals surface area contributed by atoms with E-state index in [1.54, 1.807) is 6.07 Å². The molecular weight excluding hydrogens is 356 g/mol. The fourth-order valence-electron chi connectivity index (χ4n) is 1.69. The second-order valence-corrected chi connectivity index (χ2v) is 5.31. The van der Waals surface area contributed by atoms with Gasteiger partial charge in [0.1, 0.15) is 6.61 Å². The first-order chi connectivity index (χ1) is 10.5. The van der Waals surface area contributed by atoms with Crippen molar-refractivity contribution in [1.29, 1.82) is 0 Å². The third kappa shape index (κ3) is 5.85. The molecule has 1 rings (SSSR count). The van der Waals surface area contributed by atoms with Crippen LogP contribution in [0.5, 0.6) is 0 Å². The first-order valence-electron chi connectivity index (χ1n) is 6.51. The standard InChI is InChI=1S/C15H17BrO6/c1-20-13(17)7-11(8-14(18)21-2)15(19)22-9-10-5-3-4-6-12(10)16/h3-6,11H,7-9H2,1-2H3. The van der Waals surface area contributed by atoms with Gasteiger partial charge >= 0.3 is 17.9 Å². The Morgan fingerprint density at radius 2 is 1.59 bits per heavy atom. The Kier molecular flexibility index (Phi) is 7.59. The minimum absolute atomic E-state index is 0.0408. The summed E-state index contributed by atoms with van der Waals surface area (Å²) in [5.41, 5.74) is 0.783. The SMILES string of the molecule is COC(=O)CC(CC(=O)OC)C(=O)OCc1ccccc1Br. The Hall–Kier alpha value is -1.89. The van der Waals surface area contributed by atoms with Gasteiger partial charge in [0.2, 0.25) is 0 Å². The highest BCUT2D eigenvalue weighted by Crippen LogP contribution is 2.19. The summed E-state index contributed by atoms with van der Waals surface area (Å²) in [6, 6.07) is 7.28. The van der Waals surface area contributed by atoms with Crippen LogP contribution in [0.2, 0.25) is 0 Å². The van der Waals surface area contributed by atoms with Gasteiger partial charge < -0.3 is 14.2 Å². The fraction of sp³-hybridized carbons (Fsp3) is 0.400. The highest BCUT2D eigenvalue weighted by Gasteiger charge is 2.27. The molecule has 0 aliphatic carbocycles. The summed E-state index contributed by atoms with van der Waals surface area (Å²) in [5, 5.41) is 0. The lowest BCUT2D eigenvalue weighted by atomic mass is 10.0. The van der Waals surface area contributed by atoms with Gasteiger partial charge in [0.15, 0.2) is 0 Å². The van der Waals surface area contributed by atoms with E-state index < -0.39 is 23.8 Å². The highest BCUT2D eigenvalue weighted by atomic mass is 79.9. The van der Waals surface area contributed by atoms with Crippen molar-refractivity contribution in [2.24, 2.45) is 5.92 Å². The van der Waals surface area contributed by atoms with Crippen molar-refractivity contribution in [1.82, 2.24) is 0 Å². The lowest BCUT2D eigenvalue weighted by Gasteiger charge is -2.14. The third-order valence-corrected chi connectivity index (χ3v) is 3.72. The monoisotopic (exact) mass is 372 g/mol. The minimum atomic E-state index is -0.928. The van der Waals surface area contributed by atoms with Crippen LogP contribution in [0.15, 0.2) is 28.7 Å². The molecule has 0 bridgehead atoms. The molecule has 6 nitrogen and oxygen atoms in total. The van der Waals surface area contributed by atoms with E-state index in [0.717, 1.165) is 10.0 Å². The molecule has 120 valence electrons. The molecule has 0 aliphatic heterocycles. The summed E-state index contributed by atoms with van der Waals surface area (Å²) in [4.78, 5) is 34.7. The lowest BCUT2D eigenvalue weighted by Crippen LogP contribution is -2.24. The molecular formula is C15H17BrO6. The molecule has 0 atom stereocenters. The van der Waals surface area contributed by atoms with Crippen molar-refractivity contribution in [3.8, 4) is 0 Å². The number of halogens is 1. The molecule has 1 aromatic rings. The molecule has 0 radical (unpaired) electrons. The smallest absolute Gasteiger partial charge is 0.310 e. The number of methoxy groups -OCH3 is 2. The van der Waals surface area contributed by atoms with Gasteiger partial charge in [-0.2, -0.15) is 0 Å². The van der Waals surface area contributed by atoms with Crippen molar-refractivity contribution >= 4 is 33.8 Å². The Morgan fingerprint density at radius 3 is 2.09 bits per heavy atom. The van der Waals surface area contributed by atoms with Crippen molar-refractivity contribution in [2.45, 2.75) is 19.4 Å². The van der Waals surface area contributed by atoms with Crippen LogP contribution in [-0.2, 0) is 35.2 Å². The van der Waals surface area contributed by atoms with E-state index in [9.17, 15) is 14.4 Å². The Labute approximate surface area is 136 Å². The van der Waals surface area contributed by atoms with E-state index in [2.05, 4.69) is 25.4 Å². The second kappa shape index (κ2) is 9.19. The van der Waals surface area contributed by atoms with Gasteiger partial charge in [0.25, 0.3) is 0 Å². The van der Waals surface area contributed by atoms with Crippen molar-refractivity contribution in [2.75, 3.05) is 14.2 Å². The number of esters is 3. The van der Waals surface area contributed by atoms with Gasteiger partial charge in [-0.15, -0.1) is 0 Å². The summed E-state index contributed by atoms with van der Waals surface area (Å²) >= 11 is 3.35. The summed E-state index contributed by atoms with van der Waals surface area (Å²) in [5.74, 6) is -2.76. The third-order valence-electron chi connectivity index (χ3n) is 2.94. The van der Waals surface area contributed by atoms with Crippen LogP contribution in [0.3, 0.4) is 0 Å². The zero-order chi connectivity index (χ0) is 16.5. The molecule has 0 N–H and O–H groups in total. The first kappa shape index (κ1) is 18.2. The number of ether oxygens (including phenoxy) is 3. The number of benzene rings is 1. The Bertz CT molecular complexity index is 525. The molecule has 1 aromatic carbocycles. The van der Waals surface area contributed by atoms with Gasteiger partial charge in [0, 0.05) is 10.0 Å². The van der Waals surface area contributed by atoms with Crippen LogP contribution >= 0.6 is 15.9 Å². The zero-order valence-corrected chi connectivity index (χ0v) is 13.9. The molecule has 0 aromatic heterocycles. The molecule has 0 unspecified atom stereocenters. The molecule has 0 spiro atoms. The molecule has 0 saturated carbocycles. The maximum atomic E-state index is 12.1. The van der Waals surface area contributed by atoms with Gasteiger partial charge in [-0.1, -0.05) is 34.1 Å². The number of carbonyl (C=O) groups excluding carboxylic acids is 3. The van der Waals surface area contributed by atoms with E-state index in [1.165, 1.54) is 14.2 Å². The molecule has 0 saturated heterocycles. The molecule has 0 amide bonds. The van der Waals surface area contributed by atoms with E-state index in [0.29, 0.717) is 0 Å². The summed E-state index contributed by atoms with van der Waals surface area (Å²) in [6.45, 7) is 0.0408. The summed E-state index contributed by atoms with van der Waals surface area (Å²) in [6.07, 6.45) is -0.471. The van der Waals surface area contributed by atoms with Crippen molar-refractivity contribution < 1.29 is 28.6 Å². The van der Waals surface area contributed by atoms with E-state index in [-0.39, 0.29) is 19.4 Å². The van der Waals surface area contributed by atoms with Crippen molar-refractivity contribution in [3.63, 3.8) is 0 Å². The molecule has 22 heavy (non-hydrogen) atoms.